The Morgan fingerprint density at radius 1 is 0.848 bits per heavy atom. The van der Waals surface area contributed by atoms with Crippen molar-refractivity contribution in [2.75, 3.05) is 44.7 Å². The molecule has 2 amide bonds. The minimum Gasteiger partial charge on any atom is -0.369 e. The fourth-order valence-corrected chi connectivity index (χ4v) is 4.66. The number of amides is 2. The van der Waals surface area contributed by atoms with Gasteiger partial charge in [-0.15, -0.1) is 0 Å². The summed E-state index contributed by atoms with van der Waals surface area (Å²) in [6, 6.07) is 27.6. The summed E-state index contributed by atoms with van der Waals surface area (Å²) in [4.78, 5) is 16.9. The van der Waals surface area contributed by atoms with E-state index in [2.05, 4.69) is 69.0 Å². The molecule has 1 aliphatic rings. The average Bonchev–Trinajstić information content (AvgIpc) is 2.88. The molecule has 4 rings (SSSR count). The van der Waals surface area contributed by atoms with Gasteiger partial charge in [0, 0.05) is 57.4 Å². The summed E-state index contributed by atoms with van der Waals surface area (Å²) in [6.45, 7) is 4.00. The number of rotatable bonds is 7. The van der Waals surface area contributed by atoms with Crippen LogP contribution in [0.2, 0.25) is 0 Å². The Morgan fingerprint density at radius 2 is 1.42 bits per heavy atom. The van der Waals surface area contributed by atoms with Gasteiger partial charge in [-0.1, -0.05) is 60.7 Å². The first-order chi connectivity index (χ1) is 16.2. The van der Waals surface area contributed by atoms with Crippen molar-refractivity contribution >= 4 is 11.7 Å². The van der Waals surface area contributed by atoms with Gasteiger partial charge >= 0.3 is 6.03 Å². The van der Waals surface area contributed by atoms with Gasteiger partial charge in [0.25, 0.3) is 0 Å². The molecule has 2 N–H and O–H groups in total. The van der Waals surface area contributed by atoms with E-state index >= 15 is 0 Å². The van der Waals surface area contributed by atoms with E-state index in [-0.39, 0.29) is 23.8 Å². The summed E-state index contributed by atoms with van der Waals surface area (Å²) in [5.74, 6) is -0.126. The molecule has 2 atom stereocenters. The number of benzene rings is 3. The molecule has 33 heavy (non-hydrogen) atoms. The van der Waals surface area contributed by atoms with Gasteiger partial charge in [-0.2, -0.15) is 0 Å². The number of nitrogens with one attached hydrogen (secondary N) is 2. The van der Waals surface area contributed by atoms with Gasteiger partial charge < -0.3 is 15.5 Å². The Morgan fingerprint density at radius 3 is 2.00 bits per heavy atom. The highest BCUT2D eigenvalue weighted by atomic mass is 19.1. The molecule has 1 heterocycles. The van der Waals surface area contributed by atoms with Gasteiger partial charge in [0.1, 0.15) is 5.82 Å². The minimum absolute atomic E-state index is 0.0864. The van der Waals surface area contributed by atoms with E-state index in [1.807, 2.05) is 24.3 Å². The number of halogens is 1. The summed E-state index contributed by atoms with van der Waals surface area (Å²) >= 11 is 0. The van der Waals surface area contributed by atoms with Crippen molar-refractivity contribution < 1.29 is 9.18 Å². The molecular formula is C27H31FN4O. The summed E-state index contributed by atoms with van der Waals surface area (Å²) in [6.07, 6.45) is 0. The lowest BCUT2D eigenvalue weighted by Gasteiger charge is -2.43. The molecule has 1 saturated heterocycles. The molecule has 0 bridgehead atoms. The molecule has 2 unspecified atom stereocenters. The van der Waals surface area contributed by atoms with Crippen LogP contribution in [0.25, 0.3) is 0 Å². The van der Waals surface area contributed by atoms with Gasteiger partial charge in [-0.25, -0.2) is 9.18 Å². The Labute approximate surface area is 195 Å². The topological polar surface area (TPSA) is 47.6 Å². The second-order valence-corrected chi connectivity index (χ2v) is 8.33. The number of carbonyl (C=O) groups is 1. The lowest BCUT2D eigenvalue weighted by atomic mass is 9.85. The van der Waals surface area contributed by atoms with E-state index in [1.165, 1.54) is 23.3 Å². The van der Waals surface area contributed by atoms with Crippen LogP contribution in [0.15, 0.2) is 84.9 Å². The van der Waals surface area contributed by atoms with Crippen LogP contribution < -0.4 is 15.5 Å². The third kappa shape index (κ3) is 5.71. The maximum absolute atomic E-state index is 13.4. The molecule has 0 saturated carbocycles. The molecule has 1 aliphatic heterocycles. The fourth-order valence-electron chi connectivity index (χ4n) is 4.66. The first-order valence-corrected chi connectivity index (χ1v) is 11.5. The van der Waals surface area contributed by atoms with Gasteiger partial charge in [-0.05, 0) is 35.4 Å². The Balaban J connectivity index is 1.60. The van der Waals surface area contributed by atoms with Crippen LogP contribution in [-0.4, -0.2) is 50.7 Å². The Bertz CT molecular complexity index is 1010. The van der Waals surface area contributed by atoms with E-state index in [9.17, 15) is 9.18 Å². The molecule has 0 aliphatic carbocycles. The van der Waals surface area contributed by atoms with E-state index in [1.54, 1.807) is 7.05 Å². The van der Waals surface area contributed by atoms with Crippen LogP contribution in [0, 0.1) is 5.82 Å². The number of hydrogen-bond acceptors (Lipinski definition) is 3. The maximum atomic E-state index is 13.4. The zero-order valence-corrected chi connectivity index (χ0v) is 19.0. The van der Waals surface area contributed by atoms with Gasteiger partial charge in [0.05, 0.1) is 0 Å². The molecular weight excluding hydrogens is 415 g/mol. The second kappa shape index (κ2) is 11.0. The number of piperazine rings is 1. The highest BCUT2D eigenvalue weighted by Gasteiger charge is 2.32. The van der Waals surface area contributed by atoms with Crippen molar-refractivity contribution in [1.29, 1.82) is 0 Å². The van der Waals surface area contributed by atoms with Crippen molar-refractivity contribution in [2.45, 2.75) is 12.0 Å². The van der Waals surface area contributed by atoms with Gasteiger partial charge in [0.15, 0.2) is 0 Å². The van der Waals surface area contributed by atoms with Crippen LogP contribution in [0.1, 0.15) is 23.1 Å². The largest absolute Gasteiger partial charge is 0.369 e. The van der Waals surface area contributed by atoms with Crippen molar-refractivity contribution in [1.82, 2.24) is 15.5 Å². The summed E-state index contributed by atoms with van der Waals surface area (Å²) < 4.78 is 13.4. The smallest absolute Gasteiger partial charge is 0.314 e. The van der Waals surface area contributed by atoms with Crippen LogP contribution in [-0.2, 0) is 0 Å². The van der Waals surface area contributed by atoms with E-state index in [0.717, 1.165) is 31.9 Å². The van der Waals surface area contributed by atoms with Crippen LogP contribution >= 0.6 is 0 Å². The van der Waals surface area contributed by atoms with Crippen molar-refractivity contribution in [3.63, 3.8) is 0 Å². The van der Waals surface area contributed by atoms with Crippen molar-refractivity contribution in [2.24, 2.45) is 0 Å². The fraction of sp³-hybridized carbons (Fsp3) is 0.296. The first kappa shape index (κ1) is 22.8. The highest BCUT2D eigenvalue weighted by molar-refractivity contribution is 5.73. The second-order valence-electron chi connectivity index (χ2n) is 8.33. The number of urea groups is 1. The lowest BCUT2D eigenvalue weighted by Crippen LogP contribution is -2.50. The van der Waals surface area contributed by atoms with Gasteiger partial charge in [-0.3, -0.25) is 4.90 Å². The average molecular weight is 447 g/mol. The third-order valence-corrected chi connectivity index (χ3v) is 6.36. The summed E-state index contributed by atoms with van der Waals surface area (Å²) in [5.41, 5.74) is 3.48. The number of hydrogen-bond donors (Lipinski definition) is 2. The molecule has 3 aromatic carbocycles. The minimum atomic E-state index is -0.212. The predicted molar refractivity (Wildman–Crippen MR) is 131 cm³/mol. The molecule has 0 aromatic heterocycles. The van der Waals surface area contributed by atoms with Crippen molar-refractivity contribution in [3.05, 3.63) is 102 Å². The van der Waals surface area contributed by atoms with E-state index in [0.29, 0.717) is 6.54 Å². The Kier molecular flexibility index (Phi) is 7.58. The highest BCUT2D eigenvalue weighted by Crippen LogP contribution is 2.36. The standard InChI is InChI=1S/C27H31FN4O/c1-29-27(33)30-20-25(21-8-4-2-5-9-21)26(22-10-6-3-7-11-22)32-18-16-31(17-19-32)24-14-12-23(28)13-15-24/h2-15,25-26H,16-20H2,1H3,(H2,29,30,33). The zero-order chi connectivity index (χ0) is 23.0. The van der Waals surface area contributed by atoms with Crippen molar-refractivity contribution in [3.8, 4) is 0 Å². The Hall–Kier alpha value is -3.38. The monoisotopic (exact) mass is 446 g/mol. The SMILES string of the molecule is CNC(=O)NCC(c1ccccc1)C(c1ccccc1)N1CCN(c2ccc(F)cc2)CC1. The zero-order valence-electron chi connectivity index (χ0n) is 19.0. The number of anilines is 1. The van der Waals surface area contributed by atoms with Crippen LogP contribution in [0.5, 0.6) is 0 Å². The molecule has 0 spiro atoms. The summed E-state index contributed by atoms with van der Waals surface area (Å²) in [5, 5.41) is 5.70. The molecule has 0 radical (unpaired) electrons. The quantitative estimate of drug-likeness (QED) is 0.566. The molecule has 6 heteroatoms. The third-order valence-electron chi connectivity index (χ3n) is 6.36. The number of nitrogens with zero attached hydrogens (tertiary/aromatic N) is 2. The molecule has 1 fully saturated rings. The normalized spacial score (nSPS) is 16.1. The van der Waals surface area contributed by atoms with Crippen LogP contribution in [0.4, 0.5) is 14.9 Å². The number of carbonyl (C=O) groups excluding carboxylic acids is 1. The van der Waals surface area contributed by atoms with Crippen LogP contribution in [0.3, 0.4) is 0 Å². The molecule has 5 nitrogen and oxygen atoms in total. The molecule has 172 valence electrons. The van der Waals surface area contributed by atoms with E-state index in [4.69, 9.17) is 0 Å². The van der Waals surface area contributed by atoms with E-state index < -0.39 is 0 Å². The van der Waals surface area contributed by atoms with Gasteiger partial charge in [0.2, 0.25) is 0 Å². The predicted octanol–water partition coefficient (Wildman–Crippen LogP) is 4.40. The summed E-state index contributed by atoms with van der Waals surface area (Å²) in [7, 11) is 1.64. The first-order valence-electron chi connectivity index (χ1n) is 11.5. The molecule has 3 aromatic rings. The lowest BCUT2D eigenvalue weighted by molar-refractivity contribution is 0.159. The maximum Gasteiger partial charge on any atom is 0.314 e.